The van der Waals surface area contributed by atoms with Crippen LogP contribution in [0.2, 0.25) is 5.02 Å². The van der Waals surface area contributed by atoms with E-state index in [0.717, 1.165) is 0 Å². The quantitative estimate of drug-likeness (QED) is 0.878. The molecule has 0 spiro atoms. The zero-order valence-corrected chi connectivity index (χ0v) is 9.95. The summed E-state index contributed by atoms with van der Waals surface area (Å²) in [6.07, 6.45) is 0. The number of benzene rings is 1. The molecule has 2 aromatic rings. The van der Waals surface area contributed by atoms with Crippen LogP contribution in [0.5, 0.6) is 0 Å². The summed E-state index contributed by atoms with van der Waals surface area (Å²) in [5.41, 5.74) is 1.41. The van der Waals surface area contributed by atoms with Crippen molar-refractivity contribution in [3.63, 3.8) is 0 Å². The van der Waals surface area contributed by atoms with Crippen molar-refractivity contribution in [2.45, 2.75) is 6.54 Å². The van der Waals surface area contributed by atoms with Gasteiger partial charge in [-0.15, -0.1) is 0 Å². The molecular formula is C12H11ClN2O2. The minimum absolute atomic E-state index is 0.225. The molecule has 0 bridgehead atoms. The molecule has 0 unspecified atom stereocenters. The van der Waals surface area contributed by atoms with Crippen LogP contribution in [0, 0.1) is 0 Å². The number of rotatable bonds is 3. The lowest BCUT2D eigenvalue weighted by molar-refractivity contribution is 0.0699. The van der Waals surface area contributed by atoms with Crippen LogP contribution >= 0.6 is 11.6 Å². The van der Waals surface area contributed by atoms with Gasteiger partial charge < -0.3 is 10.4 Å². The van der Waals surface area contributed by atoms with Crippen molar-refractivity contribution in [2.24, 2.45) is 0 Å². The van der Waals surface area contributed by atoms with E-state index in [9.17, 15) is 9.90 Å². The van der Waals surface area contributed by atoms with E-state index in [-0.39, 0.29) is 5.56 Å². The Morgan fingerprint density at radius 1 is 1.53 bits per heavy atom. The number of pyridine rings is 1. The lowest BCUT2D eigenvalue weighted by atomic mass is 10.1. The molecular weight excluding hydrogens is 240 g/mol. The first-order chi connectivity index (χ1) is 8.13. The first-order valence-corrected chi connectivity index (χ1v) is 5.47. The maximum Gasteiger partial charge on any atom is 0.336 e. The van der Waals surface area contributed by atoms with Crippen molar-refractivity contribution < 1.29 is 9.90 Å². The lowest BCUT2D eigenvalue weighted by Crippen LogP contribution is -2.09. The first-order valence-electron chi connectivity index (χ1n) is 5.09. The monoisotopic (exact) mass is 250 g/mol. The third kappa shape index (κ3) is 2.23. The molecule has 1 aromatic carbocycles. The Morgan fingerprint density at radius 3 is 2.94 bits per heavy atom. The lowest BCUT2D eigenvalue weighted by Gasteiger charge is -2.07. The highest BCUT2D eigenvalue weighted by Crippen LogP contribution is 2.25. The Hall–Kier alpha value is -1.65. The Kier molecular flexibility index (Phi) is 3.26. The number of aromatic nitrogens is 1. The minimum Gasteiger partial charge on any atom is -0.478 e. The first kappa shape index (κ1) is 11.8. The van der Waals surface area contributed by atoms with Gasteiger partial charge in [-0.2, -0.15) is 0 Å². The third-order valence-corrected chi connectivity index (χ3v) is 2.74. The fourth-order valence-corrected chi connectivity index (χ4v) is 1.93. The van der Waals surface area contributed by atoms with Crippen LogP contribution in [0.15, 0.2) is 24.3 Å². The van der Waals surface area contributed by atoms with Gasteiger partial charge in [-0.3, -0.25) is 0 Å². The molecule has 4 nitrogen and oxygen atoms in total. The Bertz CT molecular complexity index is 584. The van der Waals surface area contributed by atoms with Crippen LogP contribution in [0.4, 0.5) is 0 Å². The average molecular weight is 251 g/mol. The molecule has 1 heterocycles. The standard InChI is InChI=1S/C12H11ClN2O2/c1-14-6-7-5-9(12(16)17)8-3-2-4-10(13)11(8)15-7/h2-5,14H,6H2,1H3,(H,16,17). The number of carboxylic acids is 1. The number of para-hydroxylation sites is 1. The molecule has 0 atom stereocenters. The van der Waals surface area contributed by atoms with Gasteiger partial charge in [0.1, 0.15) is 0 Å². The van der Waals surface area contributed by atoms with Gasteiger partial charge in [0.05, 0.1) is 21.8 Å². The second kappa shape index (κ2) is 4.69. The maximum atomic E-state index is 11.2. The Labute approximate surface area is 103 Å². The van der Waals surface area contributed by atoms with E-state index < -0.39 is 5.97 Å². The number of halogens is 1. The number of carbonyl (C=O) groups is 1. The Balaban J connectivity index is 2.76. The second-order valence-corrected chi connectivity index (χ2v) is 4.04. The van der Waals surface area contributed by atoms with Crippen molar-refractivity contribution in [3.8, 4) is 0 Å². The topological polar surface area (TPSA) is 62.2 Å². The highest BCUT2D eigenvalue weighted by Gasteiger charge is 2.13. The number of fused-ring (bicyclic) bond motifs is 1. The van der Waals surface area contributed by atoms with Crippen LogP contribution < -0.4 is 5.32 Å². The van der Waals surface area contributed by atoms with E-state index in [1.807, 2.05) is 0 Å². The normalized spacial score (nSPS) is 10.7. The van der Waals surface area contributed by atoms with E-state index in [0.29, 0.717) is 28.2 Å². The number of aromatic carboxylic acids is 1. The van der Waals surface area contributed by atoms with E-state index in [2.05, 4.69) is 10.3 Å². The number of hydrogen-bond donors (Lipinski definition) is 2. The molecule has 2 N–H and O–H groups in total. The fraction of sp³-hybridized carbons (Fsp3) is 0.167. The number of carboxylic acid groups (broad SMARTS) is 1. The van der Waals surface area contributed by atoms with Crippen LogP contribution in [0.3, 0.4) is 0 Å². The van der Waals surface area contributed by atoms with Gasteiger partial charge in [0.2, 0.25) is 0 Å². The SMILES string of the molecule is CNCc1cc(C(=O)O)c2cccc(Cl)c2n1. The van der Waals surface area contributed by atoms with Gasteiger partial charge in [-0.1, -0.05) is 23.7 Å². The van der Waals surface area contributed by atoms with Gasteiger partial charge in [0, 0.05) is 11.9 Å². The highest BCUT2D eigenvalue weighted by molar-refractivity contribution is 6.35. The molecule has 0 saturated heterocycles. The molecule has 0 amide bonds. The van der Waals surface area contributed by atoms with Crippen molar-refractivity contribution in [1.29, 1.82) is 0 Å². The van der Waals surface area contributed by atoms with Crippen molar-refractivity contribution in [2.75, 3.05) is 7.05 Å². The van der Waals surface area contributed by atoms with Gasteiger partial charge in [-0.25, -0.2) is 9.78 Å². The summed E-state index contributed by atoms with van der Waals surface area (Å²) in [4.78, 5) is 15.5. The van der Waals surface area contributed by atoms with E-state index >= 15 is 0 Å². The summed E-state index contributed by atoms with van der Waals surface area (Å²) in [6.45, 7) is 0.501. The van der Waals surface area contributed by atoms with Crippen LogP contribution in [-0.2, 0) is 6.54 Å². The molecule has 17 heavy (non-hydrogen) atoms. The van der Waals surface area contributed by atoms with E-state index in [1.165, 1.54) is 0 Å². The van der Waals surface area contributed by atoms with Crippen molar-refractivity contribution in [1.82, 2.24) is 10.3 Å². The highest BCUT2D eigenvalue weighted by atomic mass is 35.5. The van der Waals surface area contributed by atoms with Crippen molar-refractivity contribution >= 4 is 28.5 Å². The summed E-state index contributed by atoms with van der Waals surface area (Å²) in [6, 6.07) is 6.69. The molecule has 2 rings (SSSR count). The van der Waals surface area contributed by atoms with Crippen LogP contribution in [0.1, 0.15) is 16.1 Å². The fourth-order valence-electron chi connectivity index (χ4n) is 1.72. The smallest absolute Gasteiger partial charge is 0.336 e. The zero-order valence-electron chi connectivity index (χ0n) is 9.20. The molecule has 0 aliphatic heterocycles. The summed E-state index contributed by atoms with van der Waals surface area (Å²) < 4.78 is 0. The summed E-state index contributed by atoms with van der Waals surface area (Å²) in [7, 11) is 1.78. The molecule has 5 heteroatoms. The minimum atomic E-state index is -0.975. The molecule has 0 fully saturated rings. The Morgan fingerprint density at radius 2 is 2.29 bits per heavy atom. The van der Waals surface area contributed by atoms with Crippen LogP contribution in [0.25, 0.3) is 10.9 Å². The summed E-state index contributed by atoms with van der Waals surface area (Å²) >= 11 is 6.03. The van der Waals surface area contributed by atoms with Crippen molar-refractivity contribution in [3.05, 3.63) is 40.5 Å². The molecule has 0 radical (unpaired) electrons. The van der Waals surface area contributed by atoms with Crippen LogP contribution in [-0.4, -0.2) is 23.1 Å². The largest absolute Gasteiger partial charge is 0.478 e. The second-order valence-electron chi connectivity index (χ2n) is 3.63. The van der Waals surface area contributed by atoms with Gasteiger partial charge >= 0.3 is 5.97 Å². The predicted octanol–water partition coefficient (Wildman–Crippen LogP) is 2.31. The summed E-state index contributed by atoms with van der Waals surface area (Å²) in [5.74, 6) is -0.975. The average Bonchev–Trinajstić information content (AvgIpc) is 2.29. The maximum absolute atomic E-state index is 11.2. The van der Waals surface area contributed by atoms with E-state index in [1.54, 1.807) is 31.3 Å². The van der Waals surface area contributed by atoms with Gasteiger partial charge in [0.15, 0.2) is 0 Å². The molecule has 0 aliphatic carbocycles. The third-order valence-electron chi connectivity index (χ3n) is 2.43. The number of nitrogens with zero attached hydrogens (tertiary/aromatic N) is 1. The zero-order chi connectivity index (χ0) is 12.4. The van der Waals surface area contributed by atoms with Gasteiger partial charge in [0.25, 0.3) is 0 Å². The number of nitrogens with one attached hydrogen (secondary N) is 1. The molecule has 0 aliphatic rings. The van der Waals surface area contributed by atoms with E-state index in [4.69, 9.17) is 11.6 Å². The van der Waals surface area contributed by atoms with Gasteiger partial charge in [-0.05, 0) is 19.2 Å². The number of hydrogen-bond acceptors (Lipinski definition) is 3. The molecule has 88 valence electrons. The molecule has 1 aromatic heterocycles. The summed E-state index contributed by atoms with van der Waals surface area (Å²) in [5, 5.41) is 13.1. The predicted molar refractivity (Wildman–Crippen MR) is 66.5 cm³/mol. The molecule has 0 saturated carbocycles.